The van der Waals surface area contributed by atoms with Gasteiger partial charge in [-0.25, -0.2) is 0 Å². The Kier molecular flexibility index (Phi) is 5.73. The summed E-state index contributed by atoms with van der Waals surface area (Å²) in [5, 5.41) is 11.8. The van der Waals surface area contributed by atoms with Crippen LogP contribution in [0.5, 0.6) is 5.75 Å². The van der Waals surface area contributed by atoms with Gasteiger partial charge in [-0.2, -0.15) is 5.26 Å². The summed E-state index contributed by atoms with van der Waals surface area (Å²) in [5.74, 6) is 0.250. The predicted octanol–water partition coefficient (Wildman–Crippen LogP) is 3.80. The predicted molar refractivity (Wildman–Crippen MR) is 90.8 cm³/mol. The van der Waals surface area contributed by atoms with E-state index in [4.69, 9.17) is 10.00 Å². The Hall–Kier alpha value is -3.32. The Balaban J connectivity index is 2.04. The molecule has 0 radical (unpaired) electrons. The number of nitrogens with zero attached hydrogens (tertiary/aromatic N) is 1. The zero-order chi connectivity index (χ0) is 16.5. The molecule has 0 fully saturated rings. The normalized spacial score (nSPS) is 11.0. The molecule has 1 amide bonds. The van der Waals surface area contributed by atoms with Gasteiger partial charge in [-0.05, 0) is 35.9 Å². The highest BCUT2D eigenvalue weighted by atomic mass is 16.5. The van der Waals surface area contributed by atoms with Crippen molar-refractivity contribution in [2.75, 3.05) is 12.4 Å². The number of ether oxygens (including phenoxy) is 1. The van der Waals surface area contributed by atoms with Crippen molar-refractivity contribution in [3.63, 3.8) is 0 Å². The van der Waals surface area contributed by atoms with Crippen LogP contribution in [-0.2, 0) is 4.79 Å². The lowest BCUT2D eigenvalue weighted by Crippen LogP contribution is -2.13. The van der Waals surface area contributed by atoms with E-state index in [2.05, 4.69) is 5.32 Å². The van der Waals surface area contributed by atoms with Crippen LogP contribution in [0.25, 0.3) is 6.08 Å². The van der Waals surface area contributed by atoms with Crippen LogP contribution in [0.15, 0.2) is 72.3 Å². The number of carbonyl (C=O) groups excluding carboxylic acids is 1. The number of allylic oxidation sites excluding steroid dienone is 2. The van der Waals surface area contributed by atoms with Crippen molar-refractivity contribution >= 4 is 17.7 Å². The summed E-state index contributed by atoms with van der Waals surface area (Å²) in [5.41, 5.74) is 1.63. The van der Waals surface area contributed by atoms with E-state index in [1.54, 1.807) is 37.5 Å². The van der Waals surface area contributed by atoms with Crippen LogP contribution in [-0.4, -0.2) is 13.0 Å². The minimum atomic E-state index is -0.449. The summed E-state index contributed by atoms with van der Waals surface area (Å²) in [6.45, 7) is 0. The molecular formula is C19H16N2O2. The number of anilines is 1. The van der Waals surface area contributed by atoms with Gasteiger partial charge in [0.05, 0.1) is 7.11 Å². The minimum absolute atomic E-state index is 0.0352. The second-order valence-corrected chi connectivity index (χ2v) is 4.64. The molecule has 0 saturated heterocycles. The second kappa shape index (κ2) is 8.20. The Morgan fingerprint density at radius 1 is 1.13 bits per heavy atom. The van der Waals surface area contributed by atoms with E-state index in [1.807, 2.05) is 42.5 Å². The fourth-order valence-corrected chi connectivity index (χ4v) is 1.86. The second-order valence-electron chi connectivity index (χ2n) is 4.64. The molecule has 2 aromatic carbocycles. The molecule has 0 bridgehead atoms. The van der Waals surface area contributed by atoms with Crippen LogP contribution in [0.2, 0.25) is 0 Å². The summed E-state index contributed by atoms with van der Waals surface area (Å²) in [6.07, 6.45) is 5.01. The van der Waals surface area contributed by atoms with Gasteiger partial charge in [0.25, 0.3) is 5.91 Å². The molecule has 1 N–H and O–H groups in total. The molecule has 2 aromatic rings. The SMILES string of the molecule is COc1ccc(NC(=O)/C(C#N)=C\C=C\c2ccccc2)cc1. The van der Waals surface area contributed by atoms with Gasteiger partial charge in [-0.3, -0.25) is 4.79 Å². The van der Waals surface area contributed by atoms with Crippen molar-refractivity contribution in [2.45, 2.75) is 0 Å². The smallest absolute Gasteiger partial charge is 0.266 e. The average Bonchev–Trinajstić information content (AvgIpc) is 2.60. The molecule has 0 spiro atoms. The van der Waals surface area contributed by atoms with Crippen LogP contribution in [0.3, 0.4) is 0 Å². The maximum Gasteiger partial charge on any atom is 0.266 e. The molecule has 0 saturated carbocycles. The largest absolute Gasteiger partial charge is 0.497 e. The molecule has 23 heavy (non-hydrogen) atoms. The highest BCUT2D eigenvalue weighted by Crippen LogP contribution is 2.15. The Morgan fingerprint density at radius 2 is 1.83 bits per heavy atom. The van der Waals surface area contributed by atoms with E-state index < -0.39 is 5.91 Å². The van der Waals surface area contributed by atoms with Crippen LogP contribution >= 0.6 is 0 Å². The molecular weight excluding hydrogens is 288 g/mol. The van der Waals surface area contributed by atoms with E-state index in [1.165, 1.54) is 6.08 Å². The quantitative estimate of drug-likeness (QED) is 0.519. The van der Waals surface area contributed by atoms with Gasteiger partial charge in [-0.1, -0.05) is 42.5 Å². The molecule has 0 atom stereocenters. The molecule has 0 unspecified atom stereocenters. The third-order valence-electron chi connectivity index (χ3n) is 3.06. The van der Waals surface area contributed by atoms with Gasteiger partial charge >= 0.3 is 0 Å². The van der Waals surface area contributed by atoms with Crippen molar-refractivity contribution < 1.29 is 9.53 Å². The first-order valence-electron chi connectivity index (χ1n) is 7.02. The molecule has 4 heteroatoms. The van der Waals surface area contributed by atoms with Gasteiger partial charge in [0.2, 0.25) is 0 Å². The number of hydrogen-bond acceptors (Lipinski definition) is 3. The fourth-order valence-electron chi connectivity index (χ4n) is 1.86. The maximum absolute atomic E-state index is 12.1. The number of nitriles is 1. The zero-order valence-corrected chi connectivity index (χ0v) is 12.7. The topological polar surface area (TPSA) is 62.1 Å². The molecule has 0 heterocycles. The number of carbonyl (C=O) groups is 1. The lowest BCUT2D eigenvalue weighted by atomic mass is 10.2. The molecule has 2 rings (SSSR count). The molecule has 114 valence electrons. The summed E-state index contributed by atoms with van der Waals surface area (Å²) < 4.78 is 5.05. The summed E-state index contributed by atoms with van der Waals surface area (Å²) in [7, 11) is 1.57. The van der Waals surface area contributed by atoms with Gasteiger partial charge in [0, 0.05) is 5.69 Å². The van der Waals surface area contributed by atoms with Crippen molar-refractivity contribution in [2.24, 2.45) is 0 Å². The van der Waals surface area contributed by atoms with Crippen LogP contribution in [0.4, 0.5) is 5.69 Å². The minimum Gasteiger partial charge on any atom is -0.497 e. The molecule has 0 aliphatic heterocycles. The number of methoxy groups -OCH3 is 1. The number of nitrogens with one attached hydrogen (secondary N) is 1. The number of amides is 1. The van der Waals surface area contributed by atoms with Gasteiger partial charge in [0.1, 0.15) is 17.4 Å². The number of rotatable bonds is 5. The molecule has 4 nitrogen and oxygen atoms in total. The lowest BCUT2D eigenvalue weighted by Gasteiger charge is -2.05. The Bertz CT molecular complexity index is 754. The summed E-state index contributed by atoms with van der Waals surface area (Å²) in [6, 6.07) is 18.5. The van der Waals surface area contributed by atoms with Crippen molar-refractivity contribution in [1.82, 2.24) is 0 Å². The van der Waals surface area contributed by atoms with Crippen molar-refractivity contribution in [3.8, 4) is 11.8 Å². The van der Waals surface area contributed by atoms with E-state index in [9.17, 15) is 4.79 Å². The van der Waals surface area contributed by atoms with E-state index in [0.29, 0.717) is 11.4 Å². The fraction of sp³-hybridized carbons (Fsp3) is 0.0526. The highest BCUT2D eigenvalue weighted by molar-refractivity contribution is 6.06. The number of hydrogen-bond donors (Lipinski definition) is 1. The van der Waals surface area contributed by atoms with Crippen LogP contribution in [0.1, 0.15) is 5.56 Å². The third-order valence-corrected chi connectivity index (χ3v) is 3.06. The zero-order valence-electron chi connectivity index (χ0n) is 12.7. The summed E-state index contributed by atoms with van der Waals surface area (Å²) in [4.78, 5) is 12.1. The highest BCUT2D eigenvalue weighted by Gasteiger charge is 2.08. The first kappa shape index (κ1) is 16.1. The van der Waals surface area contributed by atoms with Crippen LogP contribution < -0.4 is 10.1 Å². The van der Waals surface area contributed by atoms with Crippen LogP contribution in [0, 0.1) is 11.3 Å². The third kappa shape index (κ3) is 4.87. The first-order chi connectivity index (χ1) is 11.2. The van der Waals surface area contributed by atoms with Gasteiger partial charge < -0.3 is 10.1 Å². The van der Waals surface area contributed by atoms with Crippen molar-refractivity contribution in [1.29, 1.82) is 5.26 Å². The van der Waals surface area contributed by atoms with Gasteiger partial charge in [0.15, 0.2) is 0 Å². The van der Waals surface area contributed by atoms with E-state index in [-0.39, 0.29) is 5.57 Å². The lowest BCUT2D eigenvalue weighted by molar-refractivity contribution is -0.112. The average molecular weight is 304 g/mol. The van der Waals surface area contributed by atoms with Crippen molar-refractivity contribution in [3.05, 3.63) is 77.9 Å². The molecule has 0 aliphatic carbocycles. The first-order valence-corrected chi connectivity index (χ1v) is 7.02. The molecule has 0 aliphatic rings. The number of benzene rings is 2. The van der Waals surface area contributed by atoms with E-state index >= 15 is 0 Å². The summed E-state index contributed by atoms with van der Waals surface area (Å²) >= 11 is 0. The Morgan fingerprint density at radius 3 is 2.43 bits per heavy atom. The molecule has 0 aromatic heterocycles. The van der Waals surface area contributed by atoms with E-state index in [0.717, 1.165) is 5.56 Å². The maximum atomic E-state index is 12.1. The Labute approximate surface area is 135 Å². The monoisotopic (exact) mass is 304 g/mol. The standard InChI is InChI=1S/C19H16N2O2/c1-23-18-12-10-17(11-13-18)21-19(22)16(14-20)9-5-8-15-6-3-2-4-7-15/h2-13H,1H3,(H,21,22)/b8-5+,16-9-. The van der Waals surface area contributed by atoms with Gasteiger partial charge in [-0.15, -0.1) is 0 Å².